The van der Waals surface area contributed by atoms with Crippen LogP contribution in [0.2, 0.25) is 0 Å². The van der Waals surface area contributed by atoms with Crippen LogP contribution in [0.4, 0.5) is 5.69 Å². The highest BCUT2D eigenvalue weighted by Gasteiger charge is 2.03. The lowest BCUT2D eigenvalue weighted by atomic mass is 10.2. The fourth-order valence-electron chi connectivity index (χ4n) is 1.61. The Labute approximate surface area is 127 Å². The number of amides is 2. The third-order valence-electron chi connectivity index (χ3n) is 2.84. The number of nitrogens with zero attached hydrogens (tertiary/aromatic N) is 2. The summed E-state index contributed by atoms with van der Waals surface area (Å²) in [5.41, 5.74) is 3.01. The normalized spacial score (nSPS) is 10.4. The zero-order chi connectivity index (χ0) is 16.4. The van der Waals surface area contributed by atoms with Crippen molar-refractivity contribution in [2.24, 2.45) is 5.10 Å². The molecule has 0 unspecified atom stereocenters. The van der Waals surface area contributed by atoms with Crippen LogP contribution < -0.4 is 10.7 Å². The molecule has 0 aromatic heterocycles. The molecule has 0 spiro atoms. The molecule has 0 radical (unpaired) electrons. The van der Waals surface area contributed by atoms with E-state index in [-0.39, 0.29) is 23.9 Å². The van der Waals surface area contributed by atoms with Crippen molar-refractivity contribution in [1.82, 2.24) is 10.7 Å². The van der Waals surface area contributed by atoms with Crippen LogP contribution in [0.15, 0.2) is 29.4 Å². The first-order valence-electron chi connectivity index (χ1n) is 6.80. The molecule has 118 valence electrons. The lowest BCUT2D eigenvalue weighted by Crippen LogP contribution is -2.19. The maximum atomic E-state index is 11.5. The third-order valence-corrected chi connectivity index (χ3v) is 2.84. The zero-order valence-electron chi connectivity index (χ0n) is 12.2. The molecule has 0 bridgehead atoms. The van der Waals surface area contributed by atoms with Crippen LogP contribution in [0.3, 0.4) is 0 Å². The summed E-state index contributed by atoms with van der Waals surface area (Å²) >= 11 is 0. The Morgan fingerprint density at radius 1 is 1.18 bits per heavy atom. The van der Waals surface area contributed by atoms with Crippen LogP contribution in [0.25, 0.3) is 0 Å². The predicted molar refractivity (Wildman–Crippen MR) is 81.4 cm³/mol. The number of benzene rings is 1. The highest BCUT2D eigenvalue weighted by molar-refractivity contribution is 5.82. The molecule has 22 heavy (non-hydrogen) atoms. The van der Waals surface area contributed by atoms with Crippen LogP contribution in [0.1, 0.15) is 31.2 Å². The number of hydrogen-bond acceptors (Lipinski definition) is 5. The maximum Gasteiger partial charge on any atom is 0.269 e. The van der Waals surface area contributed by atoms with Gasteiger partial charge in [0.25, 0.3) is 5.69 Å². The number of carbonyl (C=O) groups is 2. The molecule has 1 aromatic carbocycles. The van der Waals surface area contributed by atoms with Gasteiger partial charge in [-0.3, -0.25) is 19.7 Å². The summed E-state index contributed by atoms with van der Waals surface area (Å²) in [4.78, 5) is 32.5. The molecular weight excluding hydrogens is 288 g/mol. The fourth-order valence-corrected chi connectivity index (χ4v) is 1.61. The minimum atomic E-state index is -0.485. The molecule has 0 heterocycles. The average Bonchev–Trinajstić information content (AvgIpc) is 2.51. The summed E-state index contributed by atoms with van der Waals surface area (Å²) in [7, 11) is 1.57. The summed E-state index contributed by atoms with van der Waals surface area (Å²) in [5.74, 6) is -0.285. The van der Waals surface area contributed by atoms with Crippen LogP contribution in [0, 0.1) is 10.1 Å². The number of carbonyl (C=O) groups excluding carboxylic acids is 2. The fraction of sp³-hybridized carbons (Fsp3) is 0.357. The van der Waals surface area contributed by atoms with Crippen molar-refractivity contribution in [3.05, 3.63) is 39.9 Å². The van der Waals surface area contributed by atoms with E-state index in [0.717, 1.165) is 0 Å². The summed E-state index contributed by atoms with van der Waals surface area (Å²) in [5, 5.41) is 16.8. The number of rotatable bonds is 8. The van der Waals surface area contributed by atoms with Gasteiger partial charge in [0, 0.05) is 32.0 Å². The predicted octanol–water partition coefficient (Wildman–Crippen LogP) is 1.35. The van der Waals surface area contributed by atoms with E-state index in [1.807, 2.05) is 0 Å². The second-order valence-electron chi connectivity index (χ2n) is 4.52. The van der Waals surface area contributed by atoms with E-state index in [2.05, 4.69) is 15.8 Å². The number of nitro groups is 1. The summed E-state index contributed by atoms with van der Waals surface area (Å²) < 4.78 is 0. The molecule has 0 aliphatic rings. The molecule has 0 fully saturated rings. The molecule has 8 nitrogen and oxygen atoms in total. The van der Waals surface area contributed by atoms with E-state index in [0.29, 0.717) is 24.8 Å². The van der Waals surface area contributed by atoms with Crippen molar-refractivity contribution in [2.75, 3.05) is 7.05 Å². The number of nitrogens with one attached hydrogen (secondary N) is 2. The number of hydrazone groups is 1. The second kappa shape index (κ2) is 9.22. The van der Waals surface area contributed by atoms with Gasteiger partial charge in [0.05, 0.1) is 11.1 Å². The Morgan fingerprint density at radius 2 is 1.77 bits per heavy atom. The molecular formula is C14H18N4O4. The largest absolute Gasteiger partial charge is 0.359 e. The Kier molecular flexibility index (Phi) is 7.24. The van der Waals surface area contributed by atoms with Crippen molar-refractivity contribution >= 4 is 23.7 Å². The maximum absolute atomic E-state index is 11.5. The molecule has 0 aliphatic heterocycles. The van der Waals surface area contributed by atoms with E-state index >= 15 is 0 Å². The summed E-state index contributed by atoms with van der Waals surface area (Å²) in [6.45, 7) is 0. The van der Waals surface area contributed by atoms with E-state index in [9.17, 15) is 19.7 Å². The van der Waals surface area contributed by atoms with Gasteiger partial charge in [-0.25, -0.2) is 5.43 Å². The number of non-ortho nitro benzene ring substituents is 1. The topological polar surface area (TPSA) is 114 Å². The lowest BCUT2D eigenvalue weighted by molar-refractivity contribution is -0.384. The first-order valence-corrected chi connectivity index (χ1v) is 6.80. The van der Waals surface area contributed by atoms with E-state index in [1.54, 1.807) is 7.05 Å². The number of hydrogen-bond donors (Lipinski definition) is 2. The Morgan fingerprint density at radius 3 is 2.32 bits per heavy atom. The minimum absolute atomic E-state index is 0.00250. The van der Waals surface area contributed by atoms with Crippen molar-refractivity contribution in [1.29, 1.82) is 0 Å². The average molecular weight is 306 g/mol. The van der Waals surface area contributed by atoms with Crippen molar-refractivity contribution in [2.45, 2.75) is 25.7 Å². The monoisotopic (exact) mass is 306 g/mol. The lowest BCUT2D eigenvalue weighted by Gasteiger charge is -2.00. The number of unbranched alkanes of at least 4 members (excludes halogenated alkanes) is 1. The van der Waals surface area contributed by atoms with Gasteiger partial charge >= 0.3 is 0 Å². The highest BCUT2D eigenvalue weighted by Crippen LogP contribution is 2.10. The number of nitro benzene ring substituents is 1. The van der Waals surface area contributed by atoms with Gasteiger partial charge in [0.15, 0.2) is 0 Å². The standard InChI is InChI=1S/C14H18N4O4/c1-15-13(19)4-2-3-5-14(20)17-16-10-11-6-8-12(9-7-11)18(21)22/h6-10H,2-5H2,1H3,(H,15,19)(H,17,20). The van der Waals surface area contributed by atoms with Gasteiger partial charge in [-0.2, -0.15) is 5.10 Å². The van der Waals surface area contributed by atoms with Gasteiger partial charge in [-0.05, 0) is 30.5 Å². The van der Waals surface area contributed by atoms with Gasteiger partial charge in [-0.1, -0.05) is 0 Å². The van der Waals surface area contributed by atoms with E-state index in [1.165, 1.54) is 30.5 Å². The molecule has 1 aromatic rings. The third kappa shape index (κ3) is 6.60. The highest BCUT2D eigenvalue weighted by atomic mass is 16.6. The molecule has 8 heteroatoms. The van der Waals surface area contributed by atoms with Gasteiger partial charge in [-0.15, -0.1) is 0 Å². The minimum Gasteiger partial charge on any atom is -0.359 e. The van der Waals surface area contributed by atoms with Gasteiger partial charge in [0.1, 0.15) is 0 Å². The first-order chi connectivity index (χ1) is 10.5. The van der Waals surface area contributed by atoms with Crippen LogP contribution in [-0.4, -0.2) is 30.0 Å². The Hall–Kier alpha value is -2.77. The van der Waals surface area contributed by atoms with Crippen LogP contribution in [-0.2, 0) is 9.59 Å². The van der Waals surface area contributed by atoms with Crippen molar-refractivity contribution in [3.63, 3.8) is 0 Å². The molecule has 2 amide bonds. The van der Waals surface area contributed by atoms with Crippen molar-refractivity contribution in [3.8, 4) is 0 Å². The summed E-state index contributed by atoms with van der Waals surface area (Å²) in [6.07, 6.45) is 3.34. The molecule has 0 saturated carbocycles. The smallest absolute Gasteiger partial charge is 0.269 e. The van der Waals surface area contributed by atoms with Gasteiger partial charge < -0.3 is 5.32 Å². The molecule has 0 atom stereocenters. The van der Waals surface area contributed by atoms with Crippen LogP contribution in [0.5, 0.6) is 0 Å². The zero-order valence-corrected chi connectivity index (χ0v) is 12.2. The van der Waals surface area contributed by atoms with Crippen LogP contribution >= 0.6 is 0 Å². The first kappa shape index (κ1) is 17.3. The molecule has 1 rings (SSSR count). The second-order valence-corrected chi connectivity index (χ2v) is 4.52. The van der Waals surface area contributed by atoms with E-state index < -0.39 is 4.92 Å². The Bertz CT molecular complexity index is 554. The Balaban J connectivity index is 2.28. The summed E-state index contributed by atoms with van der Waals surface area (Å²) in [6, 6.07) is 5.80. The van der Waals surface area contributed by atoms with Gasteiger partial charge in [0.2, 0.25) is 11.8 Å². The molecule has 2 N–H and O–H groups in total. The van der Waals surface area contributed by atoms with Crippen molar-refractivity contribution < 1.29 is 14.5 Å². The molecule has 0 aliphatic carbocycles. The quantitative estimate of drug-likeness (QED) is 0.326. The van der Waals surface area contributed by atoms with E-state index in [4.69, 9.17) is 0 Å². The molecule has 0 saturated heterocycles. The SMILES string of the molecule is CNC(=O)CCCCC(=O)NN=Cc1ccc([N+](=O)[O-])cc1.